The number of hydrogen-bond donors (Lipinski definition) is 0. The maximum absolute atomic E-state index is 9.20. The van der Waals surface area contributed by atoms with E-state index >= 15 is 0 Å². The average Bonchev–Trinajstić information content (AvgIpc) is 1.37. The van der Waals surface area contributed by atoms with E-state index in [0.717, 1.165) is 29.6 Å². The minimum atomic E-state index is 0. The van der Waals surface area contributed by atoms with Crippen LogP contribution in [-0.2, 0) is 23.1 Å². The first kappa shape index (κ1) is 9.13. The van der Waals surface area contributed by atoms with Crippen molar-refractivity contribution in [3.05, 3.63) is 0 Å². The Labute approximate surface area is 47.2 Å². The summed E-state index contributed by atoms with van der Waals surface area (Å²) in [4.78, 5) is 9.20. The fourth-order valence-corrected chi connectivity index (χ4v) is 0. The number of rotatable bonds is 1. The van der Waals surface area contributed by atoms with Gasteiger partial charge < -0.3 is 0 Å². The van der Waals surface area contributed by atoms with Crippen molar-refractivity contribution < 1.29 is 23.1 Å². The third-order valence-corrected chi connectivity index (χ3v) is 0.612. The summed E-state index contributed by atoms with van der Waals surface area (Å²) < 4.78 is 0. The quantitative estimate of drug-likeness (QED) is 0.389. The molecule has 0 aromatic rings. The molecular formula is C2H4ClOZn. The predicted octanol–water partition coefficient (Wildman–Crippen LogP) is 0.572. The van der Waals surface area contributed by atoms with Crippen molar-refractivity contribution in [3.8, 4) is 0 Å². The van der Waals surface area contributed by atoms with Crippen molar-refractivity contribution in [1.82, 2.24) is 0 Å². The van der Waals surface area contributed by atoms with Crippen molar-refractivity contribution in [2.45, 2.75) is 5.02 Å². The Morgan fingerprint density at radius 3 is 2.00 bits per heavy atom. The van der Waals surface area contributed by atoms with E-state index in [4.69, 9.17) is 0 Å². The van der Waals surface area contributed by atoms with Crippen molar-refractivity contribution in [3.63, 3.8) is 0 Å². The summed E-state index contributed by atoms with van der Waals surface area (Å²) in [5.74, 6) is 0. The van der Waals surface area contributed by atoms with E-state index in [-0.39, 0.29) is 12.4 Å². The second-order valence-electron chi connectivity index (χ2n) is 0.455. The standard InChI is InChI=1S/C2H3O.ClH.Zn/c1-2-3;;/h2H,1H2;1H;. The molecule has 0 spiro atoms. The molecule has 0 amide bonds. The van der Waals surface area contributed by atoms with Gasteiger partial charge in [0.2, 0.25) is 0 Å². The number of halogens is 1. The topological polar surface area (TPSA) is 17.1 Å². The molecule has 5 heavy (non-hydrogen) atoms. The minimum absolute atomic E-state index is 0. The molecule has 0 fully saturated rings. The van der Waals surface area contributed by atoms with Gasteiger partial charge in [-0.15, -0.1) is 12.4 Å². The maximum atomic E-state index is 9.20. The molecule has 0 saturated carbocycles. The molecule has 0 aliphatic heterocycles. The molecule has 0 aromatic carbocycles. The number of aldehydes is 1. The summed E-state index contributed by atoms with van der Waals surface area (Å²) in [6.45, 7) is 0. The molecule has 0 bridgehead atoms. The van der Waals surface area contributed by atoms with Crippen LogP contribution in [0, 0.1) is 0 Å². The number of carbonyl (C=O) groups excluding carboxylic acids is 1. The SMILES string of the molecule is Cl.O=C[CH2][Zn]. The van der Waals surface area contributed by atoms with Crippen LogP contribution in [0.2, 0.25) is 5.02 Å². The molecule has 1 nitrogen and oxygen atoms in total. The summed E-state index contributed by atoms with van der Waals surface area (Å²) in [6.07, 6.45) is 0.931. The van der Waals surface area contributed by atoms with Gasteiger partial charge in [-0.2, -0.15) is 0 Å². The van der Waals surface area contributed by atoms with E-state index in [1.54, 1.807) is 0 Å². The molecule has 0 N–H and O–H groups in total. The molecule has 0 saturated heterocycles. The first-order valence-corrected chi connectivity index (χ1v) is 3.24. The van der Waals surface area contributed by atoms with E-state index < -0.39 is 0 Å². The zero-order chi connectivity index (χ0) is 3.41. The second kappa shape index (κ2) is 8.82. The average molecular weight is 145 g/mol. The van der Waals surface area contributed by atoms with E-state index in [2.05, 4.69) is 0 Å². The van der Waals surface area contributed by atoms with Gasteiger partial charge in [-0.1, -0.05) is 0 Å². The second-order valence-corrected chi connectivity index (χ2v) is 1.67. The van der Waals surface area contributed by atoms with Crippen LogP contribution in [0.4, 0.5) is 0 Å². The zero-order valence-corrected chi connectivity index (χ0v) is 6.59. The fraction of sp³-hybridized carbons (Fsp3) is 0.500. The van der Waals surface area contributed by atoms with E-state index in [0.29, 0.717) is 0 Å². The number of hydrogen-bond acceptors (Lipinski definition) is 1. The van der Waals surface area contributed by atoms with E-state index in [9.17, 15) is 4.79 Å². The van der Waals surface area contributed by atoms with Crippen molar-refractivity contribution in [1.29, 1.82) is 0 Å². The Hall–Kier alpha value is 0.583. The summed E-state index contributed by atoms with van der Waals surface area (Å²) >= 11 is 1.10. The van der Waals surface area contributed by atoms with Crippen LogP contribution < -0.4 is 0 Å². The molecular weight excluding hydrogens is 141 g/mol. The van der Waals surface area contributed by atoms with Crippen LogP contribution >= 0.6 is 12.4 Å². The van der Waals surface area contributed by atoms with Gasteiger partial charge in [0.1, 0.15) is 0 Å². The Morgan fingerprint density at radius 1 is 1.80 bits per heavy atom. The van der Waals surface area contributed by atoms with Crippen LogP contribution in [-0.4, -0.2) is 6.29 Å². The normalized spacial score (nSPS) is 5.20. The Kier molecular flexibility index (Phi) is 16.1. The molecule has 0 heterocycles. The van der Waals surface area contributed by atoms with Crippen molar-refractivity contribution in [2.75, 3.05) is 0 Å². The summed E-state index contributed by atoms with van der Waals surface area (Å²) in [5.41, 5.74) is 0. The van der Waals surface area contributed by atoms with Crippen LogP contribution in [0.25, 0.3) is 0 Å². The first-order chi connectivity index (χ1) is 1.91. The zero-order valence-electron chi connectivity index (χ0n) is 2.81. The Bertz CT molecular complexity index is 23.6. The van der Waals surface area contributed by atoms with Gasteiger partial charge in [0.15, 0.2) is 0 Å². The fourth-order valence-electron chi connectivity index (χ4n) is 0. The van der Waals surface area contributed by atoms with Crippen LogP contribution in [0.5, 0.6) is 0 Å². The molecule has 0 aliphatic rings. The third-order valence-electron chi connectivity index (χ3n) is 0.118. The van der Waals surface area contributed by atoms with Gasteiger partial charge in [0.25, 0.3) is 0 Å². The van der Waals surface area contributed by atoms with E-state index in [1.165, 1.54) is 0 Å². The monoisotopic (exact) mass is 143 g/mol. The molecule has 0 rings (SSSR count). The van der Waals surface area contributed by atoms with Crippen molar-refractivity contribution >= 4 is 18.7 Å². The Balaban J connectivity index is 0. The van der Waals surface area contributed by atoms with Gasteiger partial charge in [-0.05, 0) is 0 Å². The molecule has 0 unspecified atom stereocenters. The van der Waals surface area contributed by atoms with Gasteiger partial charge in [0.05, 0.1) is 0 Å². The van der Waals surface area contributed by atoms with Crippen LogP contribution in [0.3, 0.4) is 0 Å². The molecule has 0 aromatic heterocycles. The predicted molar refractivity (Wildman–Crippen MR) is 18.1 cm³/mol. The summed E-state index contributed by atoms with van der Waals surface area (Å²) in [6, 6.07) is 0. The van der Waals surface area contributed by atoms with Gasteiger partial charge in [-0.3, -0.25) is 0 Å². The molecule has 0 atom stereocenters. The van der Waals surface area contributed by atoms with Gasteiger partial charge in [-0.25, -0.2) is 0 Å². The Morgan fingerprint density at radius 2 is 2.00 bits per heavy atom. The van der Waals surface area contributed by atoms with Gasteiger partial charge in [0, 0.05) is 0 Å². The van der Waals surface area contributed by atoms with Gasteiger partial charge >= 0.3 is 34.4 Å². The molecule has 3 heteroatoms. The van der Waals surface area contributed by atoms with Crippen molar-refractivity contribution in [2.24, 2.45) is 0 Å². The summed E-state index contributed by atoms with van der Waals surface area (Å²) in [7, 11) is 0. The molecule has 0 aliphatic carbocycles. The van der Waals surface area contributed by atoms with Crippen LogP contribution in [0.15, 0.2) is 0 Å². The number of carbonyl (C=O) groups is 1. The molecule has 0 radical (unpaired) electrons. The summed E-state index contributed by atoms with van der Waals surface area (Å²) in [5, 5.41) is 0.764. The first-order valence-electron chi connectivity index (χ1n) is 1.14. The van der Waals surface area contributed by atoms with E-state index in [1.807, 2.05) is 0 Å². The molecule has 27 valence electrons. The third kappa shape index (κ3) is 12.2. The van der Waals surface area contributed by atoms with Crippen LogP contribution in [0.1, 0.15) is 0 Å².